The Bertz CT molecular complexity index is 1790. The van der Waals surface area contributed by atoms with E-state index in [2.05, 4.69) is 16.0 Å². The molecular weight excluding hydrogens is 650 g/mol. The molecule has 7 N–H and O–H groups in total. The molecule has 0 saturated heterocycles. The summed E-state index contributed by atoms with van der Waals surface area (Å²) < 4.78 is 27.6. The van der Waals surface area contributed by atoms with Gasteiger partial charge in [-0.3, -0.25) is 23.7 Å². The third-order valence-corrected chi connectivity index (χ3v) is 9.79. The van der Waals surface area contributed by atoms with E-state index in [1.54, 1.807) is 42.5 Å². The quantitative estimate of drug-likeness (QED) is 0.0973. The second-order valence-electron chi connectivity index (χ2n) is 11.6. The lowest BCUT2D eigenvalue weighted by Gasteiger charge is -2.26. The number of amides is 4. The maximum absolute atomic E-state index is 13.8. The largest absolute Gasteiger partial charge is 0.508 e. The number of hydrogen-bond donors (Lipinski definition) is 6. The SMILES string of the molecule is NC(=O)[C@H](Cc1ccc(O)cc1)NC(=O)[C@H](CCc1ccccc1)NC(=O)CP(=O)(O)C(Cc1ccccc1)NC(=O)c1cccc(F)c1. The topological polar surface area (TPSA) is 188 Å². The maximum Gasteiger partial charge on any atom is 0.252 e. The lowest BCUT2D eigenvalue weighted by molar-refractivity contribution is -0.130. The first kappa shape index (κ1) is 36.5. The highest BCUT2D eigenvalue weighted by molar-refractivity contribution is 7.59. The minimum Gasteiger partial charge on any atom is -0.508 e. The molecule has 4 atom stereocenters. The summed E-state index contributed by atoms with van der Waals surface area (Å²) in [6.45, 7) is 0. The van der Waals surface area contributed by atoms with Crippen LogP contribution in [-0.4, -0.2) is 57.7 Å². The fraction of sp³-hybridized carbons (Fsp3) is 0.222. The zero-order valence-electron chi connectivity index (χ0n) is 26.5. The van der Waals surface area contributed by atoms with Crippen LogP contribution >= 0.6 is 7.37 Å². The van der Waals surface area contributed by atoms with Crippen molar-refractivity contribution in [3.63, 3.8) is 0 Å². The summed E-state index contributed by atoms with van der Waals surface area (Å²) in [5, 5.41) is 17.2. The van der Waals surface area contributed by atoms with Gasteiger partial charge in [-0.05, 0) is 59.9 Å². The van der Waals surface area contributed by atoms with E-state index in [4.69, 9.17) is 5.73 Å². The van der Waals surface area contributed by atoms with E-state index >= 15 is 0 Å². The van der Waals surface area contributed by atoms with Crippen LogP contribution in [0.4, 0.5) is 4.39 Å². The number of halogens is 1. The molecule has 0 saturated carbocycles. The van der Waals surface area contributed by atoms with Crippen molar-refractivity contribution in [2.45, 2.75) is 43.5 Å². The Morgan fingerprint density at radius 3 is 1.96 bits per heavy atom. The minimum absolute atomic E-state index is 0.0126. The molecule has 0 fully saturated rings. The van der Waals surface area contributed by atoms with Crippen LogP contribution in [0.25, 0.3) is 0 Å². The van der Waals surface area contributed by atoms with Gasteiger partial charge in [0.05, 0.1) is 0 Å². The average molecular weight is 689 g/mol. The van der Waals surface area contributed by atoms with E-state index < -0.39 is 60.8 Å². The van der Waals surface area contributed by atoms with Gasteiger partial charge in [0.25, 0.3) is 5.91 Å². The number of primary amides is 1. The second kappa shape index (κ2) is 17.2. The predicted molar refractivity (Wildman–Crippen MR) is 182 cm³/mol. The molecule has 2 unspecified atom stereocenters. The first-order valence-electron chi connectivity index (χ1n) is 15.5. The van der Waals surface area contributed by atoms with E-state index in [1.165, 1.54) is 24.3 Å². The van der Waals surface area contributed by atoms with Crippen LogP contribution in [0.15, 0.2) is 109 Å². The number of phenols is 1. The van der Waals surface area contributed by atoms with Gasteiger partial charge in [-0.2, -0.15) is 0 Å². The molecule has 0 aromatic heterocycles. The van der Waals surface area contributed by atoms with Gasteiger partial charge in [-0.15, -0.1) is 0 Å². The number of nitrogens with one attached hydrogen (secondary N) is 3. The summed E-state index contributed by atoms with van der Waals surface area (Å²) in [5.74, 6) is -5.38. The molecule has 0 aliphatic carbocycles. The Morgan fingerprint density at radius 2 is 1.35 bits per heavy atom. The maximum atomic E-state index is 13.8. The van der Waals surface area contributed by atoms with Gasteiger partial charge in [-0.25, -0.2) is 4.39 Å². The van der Waals surface area contributed by atoms with Crippen molar-refractivity contribution in [3.05, 3.63) is 137 Å². The van der Waals surface area contributed by atoms with E-state index in [0.29, 0.717) is 17.5 Å². The van der Waals surface area contributed by atoms with Crippen LogP contribution in [0.1, 0.15) is 33.5 Å². The van der Waals surface area contributed by atoms with Crippen molar-refractivity contribution in [1.29, 1.82) is 0 Å². The van der Waals surface area contributed by atoms with Crippen molar-refractivity contribution in [3.8, 4) is 5.75 Å². The van der Waals surface area contributed by atoms with E-state index in [9.17, 15) is 38.1 Å². The van der Waals surface area contributed by atoms with Gasteiger partial charge in [0, 0.05) is 18.4 Å². The molecule has 0 bridgehead atoms. The highest BCUT2D eigenvalue weighted by atomic mass is 31.2. The van der Waals surface area contributed by atoms with Gasteiger partial charge in [0.1, 0.15) is 35.6 Å². The summed E-state index contributed by atoms with van der Waals surface area (Å²) >= 11 is 0. The third-order valence-electron chi connectivity index (χ3n) is 7.77. The van der Waals surface area contributed by atoms with Crippen LogP contribution in [0.2, 0.25) is 0 Å². The monoisotopic (exact) mass is 688 g/mol. The molecule has 4 aromatic rings. The molecule has 0 aliphatic rings. The summed E-state index contributed by atoms with van der Waals surface area (Å²) in [6, 6.07) is 26.1. The summed E-state index contributed by atoms with van der Waals surface area (Å²) in [5.41, 5.74) is 7.59. The van der Waals surface area contributed by atoms with Crippen LogP contribution in [0.5, 0.6) is 5.75 Å². The zero-order valence-corrected chi connectivity index (χ0v) is 27.4. The minimum atomic E-state index is -4.53. The fourth-order valence-corrected chi connectivity index (χ4v) is 6.68. The Balaban J connectivity index is 1.52. The molecule has 256 valence electrons. The molecule has 4 aromatic carbocycles. The molecule has 11 nitrogen and oxygen atoms in total. The van der Waals surface area contributed by atoms with E-state index in [0.717, 1.165) is 17.7 Å². The number of aryl methyl sites for hydroxylation is 1. The van der Waals surface area contributed by atoms with Gasteiger partial charge >= 0.3 is 0 Å². The number of phenolic OH excluding ortho intramolecular Hbond substituents is 1. The molecule has 4 amide bonds. The molecule has 0 aliphatic heterocycles. The van der Waals surface area contributed by atoms with E-state index in [1.807, 2.05) is 30.3 Å². The first-order valence-corrected chi connectivity index (χ1v) is 17.4. The highest BCUT2D eigenvalue weighted by Gasteiger charge is 2.36. The molecule has 0 spiro atoms. The lowest BCUT2D eigenvalue weighted by atomic mass is 10.0. The fourth-order valence-electron chi connectivity index (χ4n) is 5.14. The van der Waals surface area contributed by atoms with Gasteiger partial charge in [0.15, 0.2) is 0 Å². The Kier molecular flexibility index (Phi) is 12.8. The number of nitrogens with two attached hydrogens (primary N) is 1. The molecule has 0 heterocycles. The normalized spacial score (nSPS) is 14.0. The average Bonchev–Trinajstić information content (AvgIpc) is 3.07. The van der Waals surface area contributed by atoms with Crippen LogP contribution < -0.4 is 21.7 Å². The number of rotatable bonds is 16. The molecule has 4 rings (SSSR count). The summed E-state index contributed by atoms with van der Waals surface area (Å²) in [4.78, 5) is 63.5. The standard InChI is InChI=1S/C36H38FN4O7P/c37-28-13-7-12-27(22-28)35(45)41-33(21-25-10-5-2-6-11-25)49(47,48)23-32(43)39-30(19-16-24-8-3-1-4-9-24)36(46)40-31(34(38)44)20-26-14-17-29(42)18-15-26/h1-15,17-18,22,30-31,33,42H,16,19-21,23H2,(H2,38,44)(H,39,43)(H,40,46)(H,41,45)(H,47,48)/t30-,31-,33?/m0/s1. The molecular formula is C36H38FN4O7P. The molecule has 13 heteroatoms. The lowest BCUT2D eigenvalue weighted by Crippen LogP contribution is -2.54. The zero-order chi connectivity index (χ0) is 35.4. The smallest absolute Gasteiger partial charge is 0.252 e. The number of aromatic hydroxyl groups is 1. The van der Waals surface area contributed by atoms with Crippen LogP contribution in [-0.2, 0) is 38.2 Å². The van der Waals surface area contributed by atoms with Gasteiger partial charge in [0.2, 0.25) is 25.1 Å². The van der Waals surface area contributed by atoms with Crippen molar-refractivity contribution in [2.75, 3.05) is 6.16 Å². The Labute approximate surface area is 283 Å². The Hall–Kier alpha value is -5.32. The number of carbonyl (C=O) groups is 4. The molecule has 0 radical (unpaired) electrons. The highest BCUT2D eigenvalue weighted by Crippen LogP contribution is 2.46. The van der Waals surface area contributed by atoms with Crippen molar-refractivity contribution in [2.24, 2.45) is 5.73 Å². The number of carbonyl (C=O) groups excluding carboxylic acids is 4. The van der Waals surface area contributed by atoms with Crippen LogP contribution in [0, 0.1) is 5.82 Å². The van der Waals surface area contributed by atoms with Crippen molar-refractivity contribution < 1.29 is 38.1 Å². The van der Waals surface area contributed by atoms with Gasteiger partial charge in [-0.1, -0.05) is 78.9 Å². The van der Waals surface area contributed by atoms with Crippen LogP contribution in [0.3, 0.4) is 0 Å². The third kappa shape index (κ3) is 11.4. The summed E-state index contributed by atoms with van der Waals surface area (Å²) in [7, 11) is -4.53. The number of benzene rings is 4. The molecule has 49 heavy (non-hydrogen) atoms. The van der Waals surface area contributed by atoms with Gasteiger partial charge < -0.3 is 31.7 Å². The van der Waals surface area contributed by atoms with E-state index in [-0.39, 0.29) is 30.6 Å². The Morgan fingerprint density at radius 1 is 0.735 bits per heavy atom. The van der Waals surface area contributed by atoms with Crippen molar-refractivity contribution in [1.82, 2.24) is 16.0 Å². The first-order chi connectivity index (χ1) is 23.4. The van der Waals surface area contributed by atoms with Crippen molar-refractivity contribution >= 4 is 31.0 Å². The second-order valence-corrected chi connectivity index (χ2v) is 14.0. The predicted octanol–water partition coefficient (Wildman–Crippen LogP) is 3.43. The number of hydrogen-bond acceptors (Lipinski definition) is 6. The summed E-state index contributed by atoms with van der Waals surface area (Å²) in [6.07, 6.45) is -0.631.